The highest BCUT2D eigenvalue weighted by Crippen LogP contribution is 2.26. The summed E-state index contributed by atoms with van der Waals surface area (Å²) in [6, 6.07) is 3.56. The summed E-state index contributed by atoms with van der Waals surface area (Å²) in [5, 5.41) is 9.14. The lowest BCUT2D eigenvalue weighted by Gasteiger charge is -2.12. The smallest absolute Gasteiger partial charge is 0.387 e. The second-order valence-electron chi connectivity index (χ2n) is 3.96. The van der Waals surface area contributed by atoms with Crippen molar-refractivity contribution in [1.29, 1.82) is 0 Å². The fourth-order valence-corrected chi connectivity index (χ4v) is 1.49. The van der Waals surface area contributed by atoms with Gasteiger partial charge in [0, 0.05) is 6.07 Å². The fraction of sp³-hybridized carbons (Fsp3) is 0.500. The summed E-state index contributed by atoms with van der Waals surface area (Å²) in [6.45, 7) is -4.53. The van der Waals surface area contributed by atoms with E-state index in [2.05, 4.69) is 9.47 Å². The predicted octanol–water partition coefficient (Wildman–Crippen LogP) is 3.20. The molecule has 1 rings (SSSR count). The lowest BCUT2D eigenvalue weighted by atomic mass is 10.1. The van der Waals surface area contributed by atoms with Crippen LogP contribution < -0.4 is 9.47 Å². The Morgan fingerprint density at radius 1 is 1.00 bits per heavy atom. The topological polar surface area (TPSA) is 38.7 Å². The number of hydrogen-bond donors (Lipinski definition) is 1. The van der Waals surface area contributed by atoms with Crippen LogP contribution in [0.1, 0.15) is 18.9 Å². The van der Waals surface area contributed by atoms with Crippen molar-refractivity contribution >= 4 is 0 Å². The third kappa shape index (κ3) is 6.28. The van der Waals surface area contributed by atoms with E-state index in [4.69, 9.17) is 5.11 Å². The Labute approximate surface area is 107 Å². The SMILES string of the molecule is CC(O)CCc1cc(OC(F)F)cc(OC(F)F)c1. The van der Waals surface area contributed by atoms with Crippen molar-refractivity contribution in [2.45, 2.75) is 39.1 Å². The monoisotopic (exact) mass is 282 g/mol. The molecule has 0 radical (unpaired) electrons. The highest BCUT2D eigenvalue weighted by Gasteiger charge is 2.11. The van der Waals surface area contributed by atoms with Crippen molar-refractivity contribution in [2.75, 3.05) is 0 Å². The summed E-state index contributed by atoms with van der Waals surface area (Å²) in [7, 11) is 0. The van der Waals surface area contributed by atoms with Gasteiger partial charge in [-0.3, -0.25) is 0 Å². The molecule has 1 aromatic carbocycles. The second kappa shape index (κ2) is 7.18. The molecule has 19 heavy (non-hydrogen) atoms. The second-order valence-corrected chi connectivity index (χ2v) is 3.96. The van der Waals surface area contributed by atoms with E-state index in [1.165, 1.54) is 12.1 Å². The van der Waals surface area contributed by atoms with Crippen molar-refractivity contribution in [1.82, 2.24) is 0 Å². The van der Waals surface area contributed by atoms with E-state index in [1.807, 2.05) is 0 Å². The molecule has 0 saturated carbocycles. The zero-order valence-corrected chi connectivity index (χ0v) is 10.2. The maximum Gasteiger partial charge on any atom is 0.387 e. The van der Waals surface area contributed by atoms with Crippen LogP contribution in [0.5, 0.6) is 11.5 Å². The van der Waals surface area contributed by atoms with Gasteiger partial charge in [-0.05, 0) is 37.5 Å². The first kappa shape index (κ1) is 15.6. The summed E-state index contributed by atoms with van der Waals surface area (Å²) < 4.78 is 56.8. The van der Waals surface area contributed by atoms with Gasteiger partial charge in [0.15, 0.2) is 0 Å². The molecule has 0 aliphatic heterocycles. The molecular weight excluding hydrogens is 268 g/mol. The molecule has 0 spiro atoms. The standard InChI is InChI=1S/C12H14F4O3/c1-7(17)2-3-8-4-9(18-11(13)14)6-10(5-8)19-12(15)16/h4-7,11-12,17H,2-3H2,1H3. The van der Waals surface area contributed by atoms with Gasteiger partial charge < -0.3 is 14.6 Å². The first-order chi connectivity index (χ1) is 8.86. The largest absolute Gasteiger partial charge is 0.435 e. The van der Waals surface area contributed by atoms with Gasteiger partial charge in [-0.15, -0.1) is 0 Å². The molecule has 1 aromatic rings. The zero-order chi connectivity index (χ0) is 14.4. The van der Waals surface area contributed by atoms with E-state index in [-0.39, 0.29) is 11.5 Å². The molecule has 0 saturated heterocycles. The van der Waals surface area contributed by atoms with Crippen LogP contribution in [0, 0.1) is 0 Å². The van der Waals surface area contributed by atoms with Gasteiger partial charge in [-0.1, -0.05) is 0 Å². The summed E-state index contributed by atoms with van der Waals surface area (Å²) >= 11 is 0. The van der Waals surface area contributed by atoms with Gasteiger partial charge >= 0.3 is 13.2 Å². The van der Waals surface area contributed by atoms with E-state index in [0.717, 1.165) is 6.07 Å². The highest BCUT2D eigenvalue weighted by atomic mass is 19.3. The van der Waals surface area contributed by atoms with Crippen molar-refractivity contribution < 1.29 is 32.1 Å². The molecule has 0 heterocycles. The molecule has 1 N–H and O–H groups in total. The summed E-state index contributed by atoms with van der Waals surface area (Å²) in [5.41, 5.74) is 0.467. The molecule has 0 aliphatic carbocycles. The Morgan fingerprint density at radius 3 is 1.84 bits per heavy atom. The van der Waals surface area contributed by atoms with Crippen LogP contribution in [0.2, 0.25) is 0 Å². The molecular formula is C12H14F4O3. The third-order valence-corrected chi connectivity index (χ3v) is 2.24. The number of hydrogen-bond acceptors (Lipinski definition) is 3. The number of aliphatic hydroxyl groups is 1. The predicted molar refractivity (Wildman–Crippen MR) is 59.7 cm³/mol. The molecule has 1 atom stereocenters. The lowest BCUT2D eigenvalue weighted by molar-refractivity contribution is -0.0543. The first-order valence-corrected chi connectivity index (χ1v) is 5.58. The molecule has 108 valence electrons. The van der Waals surface area contributed by atoms with Crippen molar-refractivity contribution in [3.8, 4) is 11.5 Å². The Kier molecular flexibility index (Phi) is 5.88. The summed E-state index contributed by atoms with van der Waals surface area (Å²) in [6.07, 6.45) is 0.114. The lowest BCUT2D eigenvalue weighted by Crippen LogP contribution is -2.06. The van der Waals surface area contributed by atoms with Crippen molar-refractivity contribution in [3.63, 3.8) is 0 Å². The Balaban J connectivity index is 2.88. The molecule has 0 fully saturated rings. The van der Waals surface area contributed by atoms with Crippen LogP contribution in [0.4, 0.5) is 17.6 Å². The van der Waals surface area contributed by atoms with Crippen LogP contribution in [0.3, 0.4) is 0 Å². The van der Waals surface area contributed by atoms with Crippen LogP contribution in [-0.2, 0) is 6.42 Å². The minimum atomic E-state index is -3.05. The van der Waals surface area contributed by atoms with E-state index < -0.39 is 19.3 Å². The van der Waals surface area contributed by atoms with Crippen LogP contribution in [-0.4, -0.2) is 24.4 Å². The van der Waals surface area contributed by atoms with Crippen molar-refractivity contribution in [3.05, 3.63) is 23.8 Å². The Morgan fingerprint density at radius 2 is 1.47 bits per heavy atom. The van der Waals surface area contributed by atoms with Gasteiger partial charge in [-0.2, -0.15) is 17.6 Å². The maximum absolute atomic E-state index is 12.1. The molecule has 0 aliphatic rings. The average molecular weight is 282 g/mol. The number of benzene rings is 1. The first-order valence-electron chi connectivity index (χ1n) is 5.58. The molecule has 1 unspecified atom stereocenters. The number of halogens is 4. The molecule has 7 heteroatoms. The molecule has 3 nitrogen and oxygen atoms in total. The van der Waals surface area contributed by atoms with E-state index in [1.54, 1.807) is 6.92 Å². The van der Waals surface area contributed by atoms with Gasteiger partial charge in [0.1, 0.15) is 11.5 Å². The maximum atomic E-state index is 12.1. The van der Waals surface area contributed by atoms with Crippen LogP contribution >= 0.6 is 0 Å². The number of rotatable bonds is 7. The molecule has 0 amide bonds. The van der Waals surface area contributed by atoms with Gasteiger partial charge in [0.05, 0.1) is 6.10 Å². The van der Waals surface area contributed by atoms with E-state index >= 15 is 0 Å². The summed E-state index contributed by atoms with van der Waals surface area (Å²) in [4.78, 5) is 0. The Hall–Kier alpha value is -1.50. The Bertz CT molecular complexity index is 368. The van der Waals surface area contributed by atoms with E-state index in [9.17, 15) is 17.6 Å². The van der Waals surface area contributed by atoms with Crippen LogP contribution in [0.25, 0.3) is 0 Å². The normalized spacial score (nSPS) is 12.8. The zero-order valence-electron chi connectivity index (χ0n) is 10.2. The number of aryl methyl sites for hydroxylation is 1. The number of alkyl halides is 4. The molecule has 0 bridgehead atoms. The highest BCUT2D eigenvalue weighted by molar-refractivity contribution is 5.38. The van der Waals surface area contributed by atoms with Gasteiger partial charge in [-0.25, -0.2) is 0 Å². The minimum Gasteiger partial charge on any atom is -0.435 e. The number of ether oxygens (including phenoxy) is 2. The van der Waals surface area contributed by atoms with Gasteiger partial charge in [0.2, 0.25) is 0 Å². The fourth-order valence-electron chi connectivity index (χ4n) is 1.49. The summed E-state index contributed by atoms with van der Waals surface area (Å²) in [5.74, 6) is -0.512. The van der Waals surface area contributed by atoms with Crippen molar-refractivity contribution in [2.24, 2.45) is 0 Å². The minimum absolute atomic E-state index is 0.256. The molecule has 0 aromatic heterocycles. The van der Waals surface area contributed by atoms with Gasteiger partial charge in [0.25, 0.3) is 0 Å². The quantitative estimate of drug-likeness (QED) is 0.780. The third-order valence-electron chi connectivity index (χ3n) is 2.24. The van der Waals surface area contributed by atoms with E-state index in [0.29, 0.717) is 18.4 Å². The average Bonchev–Trinajstić information content (AvgIpc) is 2.24. The van der Waals surface area contributed by atoms with Crippen LogP contribution in [0.15, 0.2) is 18.2 Å². The number of aliphatic hydroxyl groups excluding tert-OH is 1.